The molecule has 0 aliphatic heterocycles. The van der Waals surface area contributed by atoms with Crippen LogP contribution in [0.15, 0.2) is 12.2 Å². The molecule has 67 heavy (non-hydrogen) atoms. The largest absolute Gasteiger partial charge is 0.756 e. The lowest BCUT2D eigenvalue weighted by atomic mass is 10.0. The van der Waals surface area contributed by atoms with Crippen molar-refractivity contribution in [3.05, 3.63) is 12.2 Å². The van der Waals surface area contributed by atoms with Crippen LogP contribution in [0.4, 0.5) is 0 Å². The topological polar surface area (TPSA) is 108 Å². The molecule has 0 aromatic rings. The first-order chi connectivity index (χ1) is 32.5. The molecule has 0 aliphatic rings. The van der Waals surface area contributed by atoms with Crippen molar-refractivity contribution >= 4 is 13.7 Å². The number of aliphatic hydroxyl groups is 1. The number of rotatable bonds is 55. The maximum atomic E-state index is 13.0. The normalized spacial score (nSPS) is 14.0. The van der Waals surface area contributed by atoms with Gasteiger partial charge < -0.3 is 28.8 Å². The van der Waals surface area contributed by atoms with Crippen molar-refractivity contribution in [2.24, 2.45) is 0 Å². The first kappa shape index (κ1) is 66.2. The molecule has 0 rings (SSSR count). The van der Waals surface area contributed by atoms with Gasteiger partial charge in [0.05, 0.1) is 39.9 Å². The molecule has 3 atom stereocenters. The third-order valence-electron chi connectivity index (χ3n) is 13.8. The molecule has 0 aromatic heterocycles. The Balaban J connectivity index is 4.14. The Morgan fingerprint density at radius 2 is 0.821 bits per heavy atom. The summed E-state index contributed by atoms with van der Waals surface area (Å²) < 4.78 is 23.4. The number of phosphoric ester groups is 1. The van der Waals surface area contributed by atoms with Crippen LogP contribution in [0.1, 0.15) is 303 Å². The van der Waals surface area contributed by atoms with Crippen LogP contribution in [0.3, 0.4) is 0 Å². The van der Waals surface area contributed by atoms with Crippen molar-refractivity contribution < 1.29 is 32.9 Å². The first-order valence-corrected chi connectivity index (χ1v) is 31.0. The molecular weight excluding hydrogens is 852 g/mol. The van der Waals surface area contributed by atoms with Gasteiger partial charge in [-0.05, 0) is 38.5 Å². The maximum absolute atomic E-state index is 13.0. The van der Waals surface area contributed by atoms with Crippen molar-refractivity contribution in [2.75, 3.05) is 40.9 Å². The number of phosphoric acid groups is 1. The van der Waals surface area contributed by atoms with Gasteiger partial charge in [-0.15, -0.1) is 0 Å². The number of quaternary nitrogens is 1. The summed E-state index contributed by atoms with van der Waals surface area (Å²) in [6, 6.07) is -0.800. The molecule has 0 fully saturated rings. The summed E-state index contributed by atoms with van der Waals surface area (Å²) in [5, 5.41) is 14.0. The molecule has 9 heteroatoms. The SMILES string of the molecule is CCCCCCCCCCCCCC/C=C\CCCCCCCCCCC(=O)NC(COP(=O)([O-])OCC[N+](C)(C)C)C(O)CCCCCCCCCCCCCCCCCCCCCCC. The predicted molar refractivity (Wildman–Crippen MR) is 289 cm³/mol. The highest BCUT2D eigenvalue weighted by molar-refractivity contribution is 7.45. The molecule has 0 bridgehead atoms. The molecule has 8 nitrogen and oxygen atoms in total. The van der Waals surface area contributed by atoms with Crippen LogP contribution >= 0.6 is 7.82 Å². The number of likely N-dealkylation sites (N-methyl/N-ethyl adjacent to an activating group) is 1. The van der Waals surface area contributed by atoms with Crippen LogP contribution in [-0.2, 0) is 18.4 Å². The molecule has 400 valence electrons. The summed E-state index contributed by atoms with van der Waals surface area (Å²) in [6.07, 6.45) is 61.0. The minimum atomic E-state index is -4.57. The van der Waals surface area contributed by atoms with E-state index in [4.69, 9.17) is 9.05 Å². The van der Waals surface area contributed by atoms with E-state index in [1.807, 2.05) is 21.1 Å². The van der Waals surface area contributed by atoms with Gasteiger partial charge in [-0.3, -0.25) is 9.36 Å². The van der Waals surface area contributed by atoms with Crippen LogP contribution in [0.5, 0.6) is 0 Å². The van der Waals surface area contributed by atoms with Crippen LogP contribution in [-0.4, -0.2) is 68.5 Å². The predicted octanol–water partition coefficient (Wildman–Crippen LogP) is 17.2. The number of carbonyl (C=O) groups excluding carboxylic acids is 1. The molecule has 0 heterocycles. The number of hydrogen-bond acceptors (Lipinski definition) is 6. The number of allylic oxidation sites excluding steroid dienone is 2. The molecule has 0 saturated heterocycles. The Bertz CT molecular complexity index is 1100. The second kappa shape index (κ2) is 50.2. The van der Waals surface area contributed by atoms with Gasteiger partial charge in [0.1, 0.15) is 13.2 Å². The van der Waals surface area contributed by atoms with E-state index >= 15 is 0 Å². The molecule has 1 amide bonds. The Hall–Kier alpha value is -0.760. The zero-order chi connectivity index (χ0) is 49.2. The molecule has 0 saturated carbocycles. The minimum absolute atomic E-state index is 0.0141. The van der Waals surface area contributed by atoms with E-state index < -0.39 is 20.0 Å². The van der Waals surface area contributed by atoms with Gasteiger partial charge in [0.15, 0.2) is 0 Å². The highest BCUT2D eigenvalue weighted by atomic mass is 31.2. The standard InChI is InChI=1S/C58H117N2O6P/c1-6-8-10-12-14-16-18-20-22-24-26-28-29-30-32-34-36-38-40-42-44-46-48-50-52-58(62)59-56(55-66-67(63,64)65-54-53-60(3,4)5)57(61)51-49-47-45-43-41-39-37-35-33-31-27-25-23-21-19-17-15-13-11-9-7-2/h30,32,56-57,61H,6-29,31,33-55H2,1-5H3,(H-,59,62,63,64)/b32-30-. The minimum Gasteiger partial charge on any atom is -0.756 e. The molecule has 0 aromatic carbocycles. The van der Waals surface area contributed by atoms with Gasteiger partial charge in [0.25, 0.3) is 7.82 Å². The maximum Gasteiger partial charge on any atom is 0.268 e. The zero-order valence-electron chi connectivity index (χ0n) is 45.6. The van der Waals surface area contributed by atoms with Crippen LogP contribution in [0, 0.1) is 0 Å². The summed E-state index contributed by atoms with van der Waals surface area (Å²) in [5.41, 5.74) is 0. The number of nitrogens with zero attached hydrogens (tertiary/aromatic N) is 1. The van der Waals surface area contributed by atoms with E-state index in [9.17, 15) is 19.4 Å². The monoisotopic (exact) mass is 969 g/mol. The Morgan fingerprint density at radius 1 is 0.507 bits per heavy atom. The van der Waals surface area contributed by atoms with Crippen LogP contribution in [0.2, 0.25) is 0 Å². The average Bonchev–Trinajstić information content (AvgIpc) is 3.29. The number of nitrogens with one attached hydrogen (secondary N) is 1. The van der Waals surface area contributed by atoms with Gasteiger partial charge in [-0.2, -0.15) is 0 Å². The highest BCUT2D eigenvalue weighted by Crippen LogP contribution is 2.38. The smallest absolute Gasteiger partial charge is 0.268 e. The van der Waals surface area contributed by atoms with Gasteiger partial charge in [0.2, 0.25) is 5.91 Å². The summed E-state index contributed by atoms with van der Waals surface area (Å²) >= 11 is 0. The third-order valence-corrected chi connectivity index (χ3v) is 14.7. The van der Waals surface area contributed by atoms with E-state index in [1.54, 1.807) is 0 Å². The molecular formula is C58H117N2O6P. The lowest BCUT2D eigenvalue weighted by molar-refractivity contribution is -0.870. The van der Waals surface area contributed by atoms with Gasteiger partial charge in [0, 0.05) is 6.42 Å². The molecule has 0 radical (unpaired) electrons. The molecule has 2 N–H and O–H groups in total. The van der Waals surface area contributed by atoms with Crippen LogP contribution < -0.4 is 10.2 Å². The number of amides is 1. The fraction of sp³-hybridized carbons (Fsp3) is 0.948. The summed E-state index contributed by atoms with van der Waals surface area (Å²) in [5.74, 6) is -0.162. The quantitative estimate of drug-likeness (QED) is 0.0272. The van der Waals surface area contributed by atoms with Gasteiger partial charge >= 0.3 is 0 Å². The van der Waals surface area contributed by atoms with Crippen LogP contribution in [0.25, 0.3) is 0 Å². The lowest BCUT2D eigenvalue weighted by Gasteiger charge is -2.30. The first-order valence-electron chi connectivity index (χ1n) is 29.5. The fourth-order valence-corrected chi connectivity index (χ4v) is 9.82. The summed E-state index contributed by atoms with van der Waals surface area (Å²) in [6.45, 7) is 4.77. The molecule has 0 aliphatic carbocycles. The van der Waals surface area contributed by atoms with Crippen molar-refractivity contribution in [1.29, 1.82) is 0 Å². The summed E-state index contributed by atoms with van der Waals surface area (Å²) in [7, 11) is 1.32. The van der Waals surface area contributed by atoms with E-state index in [0.717, 1.165) is 38.5 Å². The third kappa shape index (κ3) is 52.9. The Morgan fingerprint density at radius 3 is 1.16 bits per heavy atom. The number of aliphatic hydroxyl groups excluding tert-OH is 1. The molecule has 3 unspecified atom stereocenters. The molecule has 0 spiro atoms. The van der Waals surface area contributed by atoms with Gasteiger partial charge in [-0.25, -0.2) is 0 Å². The second-order valence-corrected chi connectivity index (χ2v) is 23.1. The Kier molecular flexibility index (Phi) is 49.6. The van der Waals surface area contributed by atoms with Crippen molar-refractivity contribution in [2.45, 2.75) is 315 Å². The number of hydrogen-bond donors (Lipinski definition) is 2. The lowest BCUT2D eigenvalue weighted by Crippen LogP contribution is -2.46. The van der Waals surface area contributed by atoms with E-state index in [-0.39, 0.29) is 19.1 Å². The van der Waals surface area contributed by atoms with Crippen molar-refractivity contribution in [3.63, 3.8) is 0 Å². The number of unbranched alkanes of at least 4 members (excludes halogenated alkanes) is 40. The second-order valence-electron chi connectivity index (χ2n) is 21.7. The van der Waals surface area contributed by atoms with E-state index in [2.05, 4.69) is 31.3 Å². The van der Waals surface area contributed by atoms with E-state index in [1.165, 1.54) is 238 Å². The fourth-order valence-electron chi connectivity index (χ4n) is 9.10. The van der Waals surface area contributed by atoms with E-state index in [0.29, 0.717) is 23.9 Å². The average molecular weight is 970 g/mol. The summed E-state index contributed by atoms with van der Waals surface area (Å²) in [4.78, 5) is 25.5. The zero-order valence-corrected chi connectivity index (χ0v) is 46.5. The van der Waals surface area contributed by atoms with Crippen molar-refractivity contribution in [1.82, 2.24) is 5.32 Å². The Labute approximate surface area is 418 Å². The van der Waals surface area contributed by atoms with Crippen molar-refractivity contribution in [3.8, 4) is 0 Å². The number of carbonyl (C=O) groups is 1. The highest BCUT2D eigenvalue weighted by Gasteiger charge is 2.24. The van der Waals surface area contributed by atoms with Gasteiger partial charge in [-0.1, -0.05) is 270 Å².